The quantitative estimate of drug-likeness (QED) is 0.744. The van der Waals surface area contributed by atoms with Crippen molar-refractivity contribution in [3.63, 3.8) is 0 Å². The fourth-order valence-electron chi connectivity index (χ4n) is 1.18. The van der Waals surface area contributed by atoms with Gasteiger partial charge < -0.3 is 0 Å². The van der Waals surface area contributed by atoms with Gasteiger partial charge in [0.05, 0.1) is 0 Å². The minimum atomic E-state index is -3.92. The van der Waals surface area contributed by atoms with Gasteiger partial charge in [-0.15, -0.1) is 0 Å². The molecule has 1 aromatic carbocycles. The average Bonchev–Trinajstić information content (AvgIpc) is 2.35. The molecule has 0 atom stereocenters. The van der Waals surface area contributed by atoms with Crippen molar-refractivity contribution in [2.45, 2.75) is 6.92 Å². The van der Waals surface area contributed by atoms with Gasteiger partial charge in [0.1, 0.15) is 0 Å². The van der Waals surface area contributed by atoms with Crippen LogP contribution in [0.2, 0.25) is 0 Å². The van der Waals surface area contributed by atoms with E-state index >= 15 is 0 Å². The molecular weight excluding hydrogens is 246 g/mol. The third-order valence-corrected chi connectivity index (χ3v) is 4.71. The zero-order chi connectivity index (χ0) is 10.3. The summed E-state index contributed by atoms with van der Waals surface area (Å²) in [6.07, 6.45) is 0. The van der Waals surface area contributed by atoms with Crippen molar-refractivity contribution in [1.29, 1.82) is 0 Å². The molecule has 78 valence electrons. The molecule has 2 rings (SSSR count). The summed E-state index contributed by atoms with van der Waals surface area (Å²) in [6, 6.07) is 7.08. The van der Waals surface area contributed by atoms with E-state index < -0.39 is 5.99 Å². The van der Waals surface area contributed by atoms with Crippen LogP contribution >= 0.6 is 28.5 Å². The van der Waals surface area contributed by atoms with Crippen LogP contribution in [0.1, 0.15) is 6.92 Å². The third-order valence-electron chi connectivity index (χ3n) is 1.67. The van der Waals surface area contributed by atoms with E-state index in [9.17, 15) is 0 Å². The summed E-state index contributed by atoms with van der Waals surface area (Å²) in [5.41, 5.74) is 0. The predicted octanol–water partition coefficient (Wildman–Crippen LogP) is 4.10. The molecule has 1 aliphatic heterocycles. The van der Waals surface area contributed by atoms with Crippen LogP contribution < -0.4 is 9.05 Å². The second-order valence-corrected chi connectivity index (χ2v) is 8.79. The Balaban J connectivity index is 2.34. The Morgan fingerprint density at radius 1 is 1.21 bits per heavy atom. The van der Waals surface area contributed by atoms with E-state index in [0.717, 1.165) is 0 Å². The van der Waals surface area contributed by atoms with Crippen LogP contribution in [-0.4, -0.2) is 6.61 Å². The second-order valence-electron chi connectivity index (χ2n) is 2.75. The van der Waals surface area contributed by atoms with Gasteiger partial charge in [0.2, 0.25) is 0 Å². The summed E-state index contributed by atoms with van der Waals surface area (Å²) in [5, 5.41) is 0. The van der Waals surface area contributed by atoms with Crippen molar-refractivity contribution in [3.8, 4) is 11.5 Å². The van der Waals surface area contributed by atoms with Gasteiger partial charge in [-0.2, -0.15) is 0 Å². The first-order valence-corrected chi connectivity index (χ1v) is 7.92. The summed E-state index contributed by atoms with van der Waals surface area (Å²) in [5.74, 6) is -2.88. The van der Waals surface area contributed by atoms with Gasteiger partial charge in [-0.25, -0.2) is 0 Å². The Bertz CT molecular complexity index is 340. The summed E-state index contributed by atoms with van der Waals surface area (Å²) < 4.78 is 15.9. The van der Waals surface area contributed by atoms with Gasteiger partial charge in [-0.1, -0.05) is 0 Å². The first-order valence-electron chi connectivity index (χ1n) is 4.12. The fraction of sp³-hybridized carbons (Fsp3) is 0.250. The Labute approximate surface area is 91.6 Å². The van der Waals surface area contributed by atoms with Crippen LogP contribution in [0.4, 0.5) is 0 Å². The fourth-order valence-corrected chi connectivity index (χ4v) is 4.13. The summed E-state index contributed by atoms with van der Waals surface area (Å²) in [4.78, 5) is 0. The molecule has 0 aromatic heterocycles. The van der Waals surface area contributed by atoms with E-state index in [2.05, 4.69) is 0 Å². The SMILES string of the molecule is CCOP1(Cl)(Cl)Oc2ccccc2O1. The minimum absolute atomic E-state index is 0.332. The van der Waals surface area contributed by atoms with Crippen LogP contribution in [0.5, 0.6) is 11.5 Å². The second kappa shape index (κ2) is 3.14. The van der Waals surface area contributed by atoms with E-state index in [4.69, 9.17) is 36.1 Å². The molecular formula is C8H9Cl2O3P. The average molecular weight is 255 g/mol. The Morgan fingerprint density at radius 2 is 1.71 bits per heavy atom. The molecule has 6 heteroatoms. The van der Waals surface area contributed by atoms with Crippen LogP contribution in [-0.2, 0) is 4.52 Å². The van der Waals surface area contributed by atoms with E-state index in [1.807, 2.05) is 12.1 Å². The van der Waals surface area contributed by atoms with Crippen molar-refractivity contribution >= 4 is 28.5 Å². The van der Waals surface area contributed by atoms with Crippen molar-refractivity contribution in [2.24, 2.45) is 0 Å². The summed E-state index contributed by atoms with van der Waals surface area (Å²) in [6.45, 7) is 2.10. The Hall–Kier alpha value is -0.210. The molecule has 0 saturated carbocycles. The molecule has 0 saturated heterocycles. The normalized spacial score (nSPS) is 23.8. The van der Waals surface area contributed by atoms with Crippen molar-refractivity contribution < 1.29 is 13.6 Å². The Kier molecular flexibility index (Phi) is 2.31. The summed E-state index contributed by atoms with van der Waals surface area (Å²) in [7, 11) is 0. The molecule has 0 bridgehead atoms. The number of benzene rings is 1. The topological polar surface area (TPSA) is 27.7 Å². The van der Waals surface area contributed by atoms with Gasteiger partial charge in [0.25, 0.3) is 0 Å². The third kappa shape index (κ3) is 1.78. The number of hydrogen-bond acceptors (Lipinski definition) is 3. The van der Waals surface area contributed by atoms with Gasteiger partial charge in [0.15, 0.2) is 0 Å². The van der Waals surface area contributed by atoms with Crippen LogP contribution in [0.15, 0.2) is 24.3 Å². The molecule has 0 N–H and O–H groups in total. The summed E-state index contributed by atoms with van der Waals surface area (Å²) >= 11 is 12.0. The molecule has 1 aromatic rings. The molecule has 0 aliphatic carbocycles. The maximum atomic E-state index is 6.02. The maximum absolute atomic E-state index is 6.02. The number of hydrogen-bond donors (Lipinski definition) is 0. The van der Waals surface area contributed by atoms with Crippen LogP contribution in [0.3, 0.4) is 0 Å². The van der Waals surface area contributed by atoms with Gasteiger partial charge in [-0.05, 0) is 0 Å². The Morgan fingerprint density at radius 3 is 2.14 bits per heavy atom. The van der Waals surface area contributed by atoms with E-state index in [0.29, 0.717) is 18.1 Å². The van der Waals surface area contributed by atoms with Crippen molar-refractivity contribution in [1.82, 2.24) is 0 Å². The van der Waals surface area contributed by atoms with E-state index in [1.54, 1.807) is 19.1 Å². The molecule has 0 radical (unpaired) electrons. The molecule has 0 spiro atoms. The number of para-hydroxylation sites is 2. The predicted molar refractivity (Wildman–Crippen MR) is 58.0 cm³/mol. The van der Waals surface area contributed by atoms with Crippen molar-refractivity contribution in [3.05, 3.63) is 24.3 Å². The van der Waals surface area contributed by atoms with Gasteiger partial charge >= 0.3 is 91.3 Å². The van der Waals surface area contributed by atoms with Crippen molar-refractivity contribution in [2.75, 3.05) is 6.61 Å². The van der Waals surface area contributed by atoms with E-state index in [1.165, 1.54) is 0 Å². The van der Waals surface area contributed by atoms with E-state index in [-0.39, 0.29) is 0 Å². The molecule has 0 amide bonds. The first kappa shape index (κ1) is 10.3. The van der Waals surface area contributed by atoms with Crippen LogP contribution in [0, 0.1) is 0 Å². The zero-order valence-corrected chi connectivity index (χ0v) is 9.85. The zero-order valence-electron chi connectivity index (χ0n) is 7.44. The number of rotatable bonds is 2. The molecule has 14 heavy (non-hydrogen) atoms. The van der Waals surface area contributed by atoms with Gasteiger partial charge in [0, 0.05) is 0 Å². The number of fused-ring (bicyclic) bond motifs is 1. The molecule has 0 fully saturated rings. The molecule has 3 nitrogen and oxygen atoms in total. The molecule has 1 aliphatic rings. The monoisotopic (exact) mass is 254 g/mol. The van der Waals surface area contributed by atoms with Gasteiger partial charge in [-0.3, -0.25) is 0 Å². The van der Waals surface area contributed by atoms with Crippen LogP contribution in [0.25, 0.3) is 0 Å². The number of halogens is 2. The first-order chi connectivity index (χ1) is 6.52. The molecule has 1 heterocycles. The standard InChI is InChI=1S/C8H9Cl2O3P/c1-2-11-14(9,10)12-7-5-3-4-6-8(7)13-14/h3-6H,2H2,1H3. The molecule has 0 unspecified atom stereocenters.